The molecular formula is C15H23FN2O2. The van der Waals surface area contributed by atoms with E-state index < -0.39 is 5.41 Å². The molecule has 0 heterocycles. The number of carbonyl (C=O) groups excluding carboxylic acids is 1. The summed E-state index contributed by atoms with van der Waals surface area (Å²) in [5.74, 6) is -0.274. The number of rotatable bonds is 5. The molecule has 0 fully saturated rings. The van der Waals surface area contributed by atoms with Gasteiger partial charge in [0.25, 0.3) is 0 Å². The maximum absolute atomic E-state index is 13.8. The molecule has 0 radical (unpaired) electrons. The fraction of sp³-hybridized carbons (Fsp3) is 0.533. The predicted molar refractivity (Wildman–Crippen MR) is 77.1 cm³/mol. The van der Waals surface area contributed by atoms with Crippen molar-refractivity contribution in [2.24, 2.45) is 0 Å². The van der Waals surface area contributed by atoms with Crippen molar-refractivity contribution in [3.8, 4) is 0 Å². The molecule has 0 aromatic heterocycles. The van der Waals surface area contributed by atoms with Crippen LogP contribution in [0.5, 0.6) is 0 Å². The van der Waals surface area contributed by atoms with Gasteiger partial charge in [-0.1, -0.05) is 32.0 Å². The lowest BCUT2D eigenvalue weighted by atomic mass is 9.84. The van der Waals surface area contributed by atoms with Crippen molar-refractivity contribution in [2.45, 2.75) is 32.2 Å². The Morgan fingerprint density at radius 2 is 2.05 bits per heavy atom. The molecule has 0 aliphatic rings. The molecule has 1 atom stereocenters. The normalized spacial score (nSPS) is 12.9. The Hall–Kier alpha value is -1.62. The van der Waals surface area contributed by atoms with Gasteiger partial charge in [0.05, 0.1) is 12.6 Å². The number of aliphatic hydroxyl groups excluding tert-OH is 1. The molecule has 1 aromatic carbocycles. The van der Waals surface area contributed by atoms with E-state index in [-0.39, 0.29) is 24.5 Å². The molecule has 112 valence electrons. The molecule has 20 heavy (non-hydrogen) atoms. The highest BCUT2D eigenvalue weighted by Gasteiger charge is 2.25. The minimum Gasteiger partial charge on any atom is -0.394 e. The predicted octanol–water partition coefficient (Wildman–Crippen LogP) is 2.13. The number of halogens is 1. The van der Waals surface area contributed by atoms with Gasteiger partial charge in [-0.05, 0) is 18.6 Å². The molecule has 0 saturated heterocycles. The number of nitrogens with one attached hydrogen (secondary N) is 1. The van der Waals surface area contributed by atoms with E-state index in [2.05, 4.69) is 5.32 Å². The maximum atomic E-state index is 13.8. The number of carbonyl (C=O) groups is 1. The van der Waals surface area contributed by atoms with E-state index in [0.717, 1.165) is 0 Å². The molecular weight excluding hydrogens is 259 g/mol. The lowest BCUT2D eigenvalue weighted by molar-refractivity contribution is 0.156. The Morgan fingerprint density at radius 3 is 2.60 bits per heavy atom. The highest BCUT2D eigenvalue weighted by Crippen LogP contribution is 2.24. The summed E-state index contributed by atoms with van der Waals surface area (Å²) < 4.78 is 13.8. The van der Waals surface area contributed by atoms with Crippen LogP contribution in [0.15, 0.2) is 24.3 Å². The highest BCUT2D eigenvalue weighted by molar-refractivity contribution is 5.74. The van der Waals surface area contributed by atoms with Crippen molar-refractivity contribution < 1.29 is 14.3 Å². The molecule has 5 heteroatoms. The summed E-state index contributed by atoms with van der Waals surface area (Å²) >= 11 is 0. The van der Waals surface area contributed by atoms with Gasteiger partial charge in [0.15, 0.2) is 0 Å². The topological polar surface area (TPSA) is 52.6 Å². The second kappa shape index (κ2) is 6.70. The number of hydrogen-bond acceptors (Lipinski definition) is 2. The second-order valence-electron chi connectivity index (χ2n) is 5.66. The van der Waals surface area contributed by atoms with Crippen molar-refractivity contribution >= 4 is 6.03 Å². The first-order valence-electron chi connectivity index (χ1n) is 6.66. The fourth-order valence-corrected chi connectivity index (χ4v) is 1.85. The Morgan fingerprint density at radius 1 is 1.45 bits per heavy atom. The molecule has 0 aliphatic carbocycles. The van der Waals surface area contributed by atoms with Crippen molar-refractivity contribution in [3.05, 3.63) is 35.6 Å². The van der Waals surface area contributed by atoms with Crippen LogP contribution in [0.4, 0.5) is 9.18 Å². The van der Waals surface area contributed by atoms with Gasteiger partial charge in [0.1, 0.15) is 5.82 Å². The summed E-state index contributed by atoms with van der Waals surface area (Å²) in [6.45, 7) is 5.72. The summed E-state index contributed by atoms with van der Waals surface area (Å²) in [5.41, 5.74) is 0.0581. The van der Waals surface area contributed by atoms with Crippen LogP contribution in [0.3, 0.4) is 0 Å². The highest BCUT2D eigenvalue weighted by atomic mass is 19.1. The standard InChI is InChI=1S/C15H23FN2O2/c1-11(9-19)18(4)14(20)17-10-15(2,3)12-7-5-6-8-13(12)16/h5-8,11,19H,9-10H2,1-4H3,(H,17,20). The fourth-order valence-electron chi connectivity index (χ4n) is 1.85. The van der Waals surface area contributed by atoms with Crippen LogP contribution in [0, 0.1) is 5.82 Å². The van der Waals surface area contributed by atoms with Crippen molar-refractivity contribution in [3.63, 3.8) is 0 Å². The third kappa shape index (κ3) is 3.93. The summed E-state index contributed by atoms with van der Waals surface area (Å²) in [6.07, 6.45) is 0. The average molecular weight is 282 g/mol. The smallest absolute Gasteiger partial charge is 0.317 e. The number of hydrogen-bond donors (Lipinski definition) is 2. The SMILES string of the molecule is CC(CO)N(C)C(=O)NCC(C)(C)c1ccccc1F. The average Bonchev–Trinajstić information content (AvgIpc) is 2.43. The molecule has 4 nitrogen and oxygen atoms in total. The lowest BCUT2D eigenvalue weighted by Crippen LogP contribution is -2.47. The molecule has 1 unspecified atom stereocenters. The third-order valence-electron chi connectivity index (χ3n) is 3.53. The minimum atomic E-state index is -0.510. The Labute approximate surface area is 119 Å². The maximum Gasteiger partial charge on any atom is 0.317 e. The first kappa shape index (κ1) is 16.4. The van der Waals surface area contributed by atoms with Gasteiger partial charge in [-0.25, -0.2) is 9.18 Å². The van der Waals surface area contributed by atoms with Gasteiger partial charge in [-0.15, -0.1) is 0 Å². The molecule has 1 rings (SSSR count). The number of amides is 2. The summed E-state index contributed by atoms with van der Waals surface area (Å²) in [4.78, 5) is 13.3. The van der Waals surface area contributed by atoms with Crippen LogP contribution in [-0.4, -0.2) is 42.3 Å². The molecule has 2 N–H and O–H groups in total. The van der Waals surface area contributed by atoms with Gasteiger partial charge in [0, 0.05) is 19.0 Å². The number of benzene rings is 1. The molecule has 1 aromatic rings. The van der Waals surface area contributed by atoms with E-state index in [4.69, 9.17) is 5.11 Å². The second-order valence-corrected chi connectivity index (χ2v) is 5.66. The van der Waals surface area contributed by atoms with Crippen molar-refractivity contribution in [1.29, 1.82) is 0 Å². The van der Waals surface area contributed by atoms with E-state index in [9.17, 15) is 9.18 Å². The monoisotopic (exact) mass is 282 g/mol. The van der Waals surface area contributed by atoms with Crippen molar-refractivity contribution in [2.75, 3.05) is 20.2 Å². The number of urea groups is 1. The largest absolute Gasteiger partial charge is 0.394 e. The molecule has 2 amide bonds. The van der Waals surface area contributed by atoms with Crippen LogP contribution >= 0.6 is 0 Å². The van der Waals surface area contributed by atoms with E-state index in [0.29, 0.717) is 12.1 Å². The number of nitrogens with zero attached hydrogens (tertiary/aromatic N) is 1. The molecule has 0 spiro atoms. The quantitative estimate of drug-likeness (QED) is 0.869. The summed E-state index contributed by atoms with van der Waals surface area (Å²) in [5, 5.41) is 11.8. The zero-order valence-corrected chi connectivity index (χ0v) is 12.5. The van der Waals surface area contributed by atoms with Crippen LogP contribution in [0.1, 0.15) is 26.3 Å². The Bertz CT molecular complexity index is 463. The minimum absolute atomic E-state index is 0.0966. The summed E-state index contributed by atoms with van der Waals surface area (Å²) in [7, 11) is 1.62. The van der Waals surface area contributed by atoms with Gasteiger partial charge < -0.3 is 15.3 Å². The van der Waals surface area contributed by atoms with E-state index in [1.807, 2.05) is 13.8 Å². The van der Waals surface area contributed by atoms with Crippen LogP contribution < -0.4 is 5.32 Å². The van der Waals surface area contributed by atoms with Crippen molar-refractivity contribution in [1.82, 2.24) is 10.2 Å². The first-order chi connectivity index (χ1) is 9.29. The zero-order valence-electron chi connectivity index (χ0n) is 12.5. The van der Waals surface area contributed by atoms with Crippen LogP contribution in [0.2, 0.25) is 0 Å². The van der Waals surface area contributed by atoms with E-state index in [1.165, 1.54) is 11.0 Å². The van der Waals surface area contributed by atoms with Gasteiger partial charge in [-0.2, -0.15) is 0 Å². The van der Waals surface area contributed by atoms with Crippen LogP contribution in [0.25, 0.3) is 0 Å². The van der Waals surface area contributed by atoms with E-state index in [1.54, 1.807) is 32.2 Å². The van der Waals surface area contributed by atoms with Gasteiger partial charge in [0.2, 0.25) is 0 Å². The lowest BCUT2D eigenvalue weighted by Gasteiger charge is -2.29. The molecule has 0 aliphatic heterocycles. The number of aliphatic hydroxyl groups is 1. The third-order valence-corrected chi connectivity index (χ3v) is 3.53. The van der Waals surface area contributed by atoms with Gasteiger partial charge >= 0.3 is 6.03 Å². The Kier molecular flexibility index (Phi) is 5.51. The number of likely N-dealkylation sites (N-methyl/N-ethyl adjacent to an activating group) is 1. The van der Waals surface area contributed by atoms with E-state index >= 15 is 0 Å². The molecule has 0 saturated carbocycles. The zero-order chi connectivity index (χ0) is 15.3. The first-order valence-corrected chi connectivity index (χ1v) is 6.66. The van der Waals surface area contributed by atoms with Crippen LogP contribution in [-0.2, 0) is 5.41 Å². The summed E-state index contributed by atoms with van der Waals surface area (Å²) in [6, 6.07) is 6.02. The Balaban J connectivity index is 2.69. The van der Waals surface area contributed by atoms with Gasteiger partial charge in [-0.3, -0.25) is 0 Å². The molecule has 0 bridgehead atoms.